The number of amides is 4. The summed E-state index contributed by atoms with van der Waals surface area (Å²) in [5, 5.41) is 17.0. The van der Waals surface area contributed by atoms with Crippen LogP contribution in [0.2, 0.25) is 5.02 Å². The number of allylic oxidation sites excluding steroid dienone is 1. The van der Waals surface area contributed by atoms with E-state index in [1.54, 1.807) is 29.5 Å². The molecule has 0 spiro atoms. The normalized spacial score (nSPS) is 25.9. The van der Waals surface area contributed by atoms with Crippen LogP contribution < -0.4 is 15.4 Å². The molecule has 4 fully saturated rings. The smallest absolute Gasteiger partial charge is 0.246 e. The van der Waals surface area contributed by atoms with Crippen molar-refractivity contribution in [1.82, 2.24) is 30.3 Å². The molecule has 8 rings (SSSR count). The van der Waals surface area contributed by atoms with Crippen LogP contribution in [0, 0.1) is 47.5 Å². The number of thiazole rings is 1. The quantitative estimate of drug-likeness (QED) is 0.136. The van der Waals surface area contributed by atoms with E-state index < -0.39 is 35.4 Å². The van der Waals surface area contributed by atoms with E-state index in [1.807, 2.05) is 64.4 Å². The fourth-order valence-electron chi connectivity index (χ4n) is 12.0. The lowest BCUT2D eigenvalue weighted by atomic mass is 9.49. The first-order valence-electron chi connectivity index (χ1n) is 24.5. The molecule has 4 heterocycles. The molecule has 0 radical (unpaired) electrons. The minimum atomic E-state index is -0.954. The molecule has 2 unspecified atom stereocenters. The Morgan fingerprint density at radius 2 is 1.74 bits per heavy atom. The van der Waals surface area contributed by atoms with Gasteiger partial charge in [-0.1, -0.05) is 103 Å². The van der Waals surface area contributed by atoms with E-state index in [2.05, 4.69) is 76.2 Å². The summed E-state index contributed by atoms with van der Waals surface area (Å²) < 4.78 is 12.5. The maximum absolute atomic E-state index is 14.2. The number of benzene rings is 2. The number of hydrogen-bond donors (Lipinski definition) is 3. The first kappa shape index (κ1) is 51.1. The van der Waals surface area contributed by atoms with Crippen molar-refractivity contribution in [3.63, 3.8) is 0 Å². The van der Waals surface area contributed by atoms with Gasteiger partial charge in [-0.15, -0.1) is 11.3 Å². The average Bonchev–Trinajstić information content (AvgIpc) is 4.02. The predicted molar refractivity (Wildman–Crippen MR) is 271 cm³/mol. The van der Waals surface area contributed by atoms with Crippen molar-refractivity contribution >= 4 is 52.3 Å². The van der Waals surface area contributed by atoms with Gasteiger partial charge in [0.15, 0.2) is 0 Å². The number of aliphatic hydroxyl groups is 1. The van der Waals surface area contributed by atoms with Crippen molar-refractivity contribution in [2.75, 3.05) is 39.4 Å². The van der Waals surface area contributed by atoms with E-state index in [0.29, 0.717) is 29.6 Å². The van der Waals surface area contributed by atoms with Crippen molar-refractivity contribution in [2.24, 2.45) is 34.0 Å². The Hall–Kier alpha value is -5.27. The Morgan fingerprint density at radius 1 is 1.04 bits per heavy atom. The van der Waals surface area contributed by atoms with Gasteiger partial charge in [0.25, 0.3) is 0 Å². The number of rotatable bonds is 14. The molecule has 70 heavy (non-hydrogen) atoms. The van der Waals surface area contributed by atoms with E-state index >= 15 is 0 Å². The molecule has 14 nitrogen and oxygen atoms in total. The van der Waals surface area contributed by atoms with Crippen LogP contribution in [0.1, 0.15) is 92.0 Å². The minimum Gasteiger partial charge on any atom is -0.489 e. The zero-order chi connectivity index (χ0) is 50.4. The second kappa shape index (κ2) is 20.1. The van der Waals surface area contributed by atoms with Gasteiger partial charge in [-0.05, 0) is 67.4 Å². The lowest BCUT2D eigenvalue weighted by Gasteiger charge is -2.65. The number of aryl methyl sites for hydroxylation is 1. The summed E-state index contributed by atoms with van der Waals surface area (Å²) in [6, 6.07) is 10.9. The number of likely N-dealkylation sites (tertiary alicyclic amines) is 3. The standard InChI is InChI=1S/C54H68ClN7O7S/c1-31(34-11-13-35(14-12-34)45-32(2)57-30-70-45)58-47(65)43-24-38(63)27-61(43)49(67)46(52(3,4)5)59-44(64)29-68-28-33-19-21-60(22-20-33)37-15-17-40-36(23-37)26-62(48(40)66)50-53(6,7)51(54(50,8)9)69-39-16-18-42(56-10)41(55)25-39/h11-18,23,25,30-31,33,36,38,40,43,46,50-51,63H,19-22,24,26-29H2,1-9H3,(H,58,65)(H,59,64)/t31-,36?,38+,40?,43-,46+,50?,51?/m0/s1. The molecular formula is C54H68ClN7O7S. The number of β-amino-alcohol motifs (C(OH)–C–C–N with tert-alkyl or cyclic N) is 1. The van der Waals surface area contributed by atoms with Gasteiger partial charge in [0.1, 0.15) is 30.5 Å². The van der Waals surface area contributed by atoms with Crippen LogP contribution in [-0.4, -0.2) is 118 Å². The van der Waals surface area contributed by atoms with Crippen LogP contribution in [0.5, 0.6) is 5.75 Å². The fourth-order valence-corrected chi connectivity index (χ4v) is 13.0. The predicted octanol–water partition coefficient (Wildman–Crippen LogP) is 8.13. The van der Waals surface area contributed by atoms with E-state index in [0.717, 1.165) is 53.3 Å². The van der Waals surface area contributed by atoms with Crippen LogP contribution in [0.4, 0.5) is 5.69 Å². The second-order valence-corrected chi connectivity index (χ2v) is 23.5. The van der Waals surface area contributed by atoms with Crippen LogP contribution in [0.25, 0.3) is 15.3 Å². The van der Waals surface area contributed by atoms with Gasteiger partial charge >= 0.3 is 0 Å². The Morgan fingerprint density at radius 3 is 2.37 bits per heavy atom. The van der Waals surface area contributed by atoms with Crippen molar-refractivity contribution in [1.29, 1.82) is 0 Å². The lowest BCUT2D eigenvalue weighted by molar-refractivity contribution is -0.208. The SMILES string of the molecule is [C-]#[N+]c1ccc(OC2C(C)(C)C(N3CC4C=C(N5CCC(COCC(=O)N[C@H](C(=O)N6C[C@H](O)C[C@H]6C(=O)N[C@@H](C)c6ccc(-c7scnc7C)cc6)C(C)(C)C)CC5)C=CC4C3=O)C2(C)C)cc1Cl. The highest BCUT2D eigenvalue weighted by Gasteiger charge is 2.67. The van der Waals surface area contributed by atoms with E-state index in [-0.39, 0.29) is 78.2 Å². The number of carbonyl (C=O) groups is 4. The third kappa shape index (κ3) is 10.2. The van der Waals surface area contributed by atoms with Gasteiger partial charge in [0, 0.05) is 61.1 Å². The second-order valence-electron chi connectivity index (χ2n) is 22.2. The molecule has 2 aromatic carbocycles. The summed E-state index contributed by atoms with van der Waals surface area (Å²) in [4.78, 5) is 70.1. The summed E-state index contributed by atoms with van der Waals surface area (Å²) in [5.41, 5.74) is 4.90. The van der Waals surface area contributed by atoms with Gasteiger partial charge in [-0.25, -0.2) is 9.83 Å². The maximum atomic E-state index is 14.2. The van der Waals surface area contributed by atoms with Gasteiger partial charge in [-0.3, -0.25) is 19.2 Å². The van der Waals surface area contributed by atoms with Crippen molar-refractivity contribution in [3.05, 3.63) is 99.6 Å². The lowest BCUT2D eigenvalue weighted by Crippen LogP contribution is -2.75. The number of fused-ring (bicyclic) bond motifs is 1. The average molecular weight is 995 g/mol. The molecule has 4 amide bonds. The van der Waals surface area contributed by atoms with Crippen LogP contribution in [0.15, 0.2) is 71.9 Å². The Labute approximate surface area is 421 Å². The number of hydrogen-bond acceptors (Lipinski definition) is 10. The summed E-state index contributed by atoms with van der Waals surface area (Å²) in [5.74, 6) is -0.318. The highest BCUT2D eigenvalue weighted by molar-refractivity contribution is 7.13. The molecule has 3 saturated heterocycles. The number of nitrogens with zero attached hydrogens (tertiary/aromatic N) is 5. The highest BCUT2D eigenvalue weighted by Crippen LogP contribution is 2.59. The molecule has 5 aliphatic rings. The number of nitrogens with one attached hydrogen (secondary N) is 2. The molecule has 2 aliphatic carbocycles. The van der Waals surface area contributed by atoms with Crippen LogP contribution in [-0.2, 0) is 23.9 Å². The van der Waals surface area contributed by atoms with Crippen LogP contribution in [0.3, 0.4) is 0 Å². The third-order valence-corrected chi connectivity index (χ3v) is 16.6. The zero-order valence-corrected chi connectivity index (χ0v) is 43.4. The highest BCUT2D eigenvalue weighted by atomic mass is 35.5. The number of aromatic nitrogens is 1. The number of halogens is 1. The zero-order valence-electron chi connectivity index (χ0n) is 41.8. The summed E-state index contributed by atoms with van der Waals surface area (Å²) in [6.07, 6.45) is 7.26. The largest absolute Gasteiger partial charge is 0.489 e. The summed E-state index contributed by atoms with van der Waals surface area (Å²) >= 11 is 7.91. The van der Waals surface area contributed by atoms with Crippen molar-refractivity contribution in [3.8, 4) is 16.2 Å². The van der Waals surface area contributed by atoms with E-state index in [4.69, 9.17) is 27.6 Å². The summed E-state index contributed by atoms with van der Waals surface area (Å²) in [7, 11) is 0. The Kier molecular flexibility index (Phi) is 14.7. The Bertz CT molecular complexity index is 2560. The molecule has 3 aliphatic heterocycles. The molecule has 374 valence electrons. The number of aliphatic hydroxyl groups excluding tert-OH is 1. The van der Waals surface area contributed by atoms with Gasteiger partial charge in [0.2, 0.25) is 29.3 Å². The van der Waals surface area contributed by atoms with Gasteiger partial charge < -0.3 is 39.9 Å². The first-order chi connectivity index (χ1) is 33.1. The Balaban J connectivity index is 0.796. The van der Waals surface area contributed by atoms with Crippen molar-refractivity contribution in [2.45, 2.75) is 118 Å². The maximum Gasteiger partial charge on any atom is 0.246 e. The monoisotopic (exact) mass is 993 g/mol. The molecule has 3 aromatic rings. The molecule has 1 saturated carbocycles. The topological polar surface area (TPSA) is 158 Å². The third-order valence-electron chi connectivity index (χ3n) is 15.3. The molecule has 16 heteroatoms. The van der Waals surface area contributed by atoms with Crippen molar-refractivity contribution < 1.29 is 33.8 Å². The number of ether oxygens (including phenoxy) is 2. The van der Waals surface area contributed by atoms with E-state index in [1.165, 1.54) is 4.90 Å². The summed E-state index contributed by atoms with van der Waals surface area (Å²) in [6.45, 7) is 27.9. The molecule has 6 atom stereocenters. The van der Waals surface area contributed by atoms with Crippen LogP contribution >= 0.6 is 22.9 Å². The fraction of sp³-hybridized carbons (Fsp3) is 0.556. The first-order valence-corrected chi connectivity index (χ1v) is 25.8. The molecule has 0 bridgehead atoms. The molecular weight excluding hydrogens is 926 g/mol. The van der Waals surface area contributed by atoms with E-state index in [9.17, 15) is 24.3 Å². The van der Waals surface area contributed by atoms with Gasteiger partial charge in [-0.2, -0.15) is 0 Å². The minimum absolute atomic E-state index is 0.0101. The molecule has 3 N–H and O–H groups in total. The molecule has 1 aromatic heterocycles. The van der Waals surface area contributed by atoms with Gasteiger partial charge in [0.05, 0.1) is 52.3 Å². The number of piperidine rings is 1. The number of carbonyl (C=O) groups excluding carboxylic acids is 4.